The molecule has 0 bridgehead atoms. The van der Waals surface area contributed by atoms with Gasteiger partial charge in [0.15, 0.2) is 0 Å². The molecule has 298 valence electrons. The van der Waals surface area contributed by atoms with E-state index in [1.165, 1.54) is 21.3 Å². The molecule has 0 N–H and O–H groups in total. The molecular formula is C50H39BF6N2Si. The summed E-state index contributed by atoms with van der Waals surface area (Å²) in [7, 11) is -2.38. The highest BCUT2D eigenvalue weighted by atomic mass is 28.3. The molecule has 60 heavy (non-hydrogen) atoms. The van der Waals surface area contributed by atoms with Crippen LogP contribution in [0.5, 0.6) is 0 Å². The molecule has 3 aliphatic heterocycles. The van der Waals surface area contributed by atoms with Gasteiger partial charge in [-0.25, -0.2) is 0 Å². The largest absolute Gasteiger partial charge is 0.416 e. The predicted molar refractivity (Wildman–Crippen MR) is 237 cm³/mol. The minimum atomic E-state index is -4.46. The lowest BCUT2D eigenvalue weighted by Crippen LogP contribution is -2.79. The third-order valence-corrected chi connectivity index (χ3v) is 16.2. The van der Waals surface area contributed by atoms with Gasteiger partial charge in [0, 0.05) is 33.9 Å². The van der Waals surface area contributed by atoms with Crippen molar-refractivity contribution in [3.63, 3.8) is 0 Å². The Morgan fingerprint density at radius 2 is 0.800 bits per heavy atom. The Kier molecular flexibility index (Phi) is 8.28. The Balaban J connectivity index is 1.29. The van der Waals surface area contributed by atoms with Crippen LogP contribution in [0, 0.1) is 0 Å². The number of hydrogen-bond donors (Lipinski definition) is 0. The third kappa shape index (κ3) is 5.70. The van der Waals surface area contributed by atoms with E-state index in [2.05, 4.69) is 92.2 Å². The summed E-state index contributed by atoms with van der Waals surface area (Å²) >= 11 is 0. The van der Waals surface area contributed by atoms with Gasteiger partial charge in [-0.05, 0) is 99.2 Å². The standard InChI is InChI=1S/C50H39BF6N2Si/c1-48(2,3)34-28-41-45-42(29-34)59(38-15-9-7-13-36(38)31-22-26-33(27-23-31)50(55,56)57)40-17-11-19-44-47(40)51(45)46-39(16-10-18-43(46)60(44,4)5)58(41)37-14-8-6-12-35(37)30-20-24-32(25-21-30)49(52,53)54/h6-29H,1-5H3. The van der Waals surface area contributed by atoms with E-state index < -0.39 is 31.6 Å². The molecule has 0 aliphatic carbocycles. The van der Waals surface area contributed by atoms with Crippen LogP contribution in [-0.2, 0) is 17.8 Å². The molecule has 0 atom stereocenters. The van der Waals surface area contributed by atoms with Crippen LogP contribution in [0.3, 0.4) is 0 Å². The van der Waals surface area contributed by atoms with Gasteiger partial charge in [0.1, 0.15) is 8.07 Å². The molecule has 10 heteroatoms. The zero-order valence-corrected chi connectivity index (χ0v) is 34.6. The molecule has 3 heterocycles. The normalized spacial score (nSPS) is 14.9. The van der Waals surface area contributed by atoms with Crippen molar-refractivity contribution in [1.82, 2.24) is 0 Å². The zero-order valence-electron chi connectivity index (χ0n) is 33.6. The zero-order chi connectivity index (χ0) is 42.1. The number of alkyl halides is 6. The Bertz CT molecular complexity index is 2690. The Hall–Kier alpha value is -6.00. The van der Waals surface area contributed by atoms with Crippen molar-refractivity contribution in [2.24, 2.45) is 0 Å². The van der Waals surface area contributed by atoms with Crippen molar-refractivity contribution in [3.8, 4) is 22.3 Å². The van der Waals surface area contributed by atoms with E-state index in [-0.39, 0.29) is 12.1 Å². The summed E-state index contributed by atoms with van der Waals surface area (Å²) in [5, 5.41) is 2.67. The maximum atomic E-state index is 13.8. The molecule has 7 aromatic carbocycles. The molecule has 7 aromatic rings. The predicted octanol–water partition coefficient (Wildman–Crippen LogP) is 11.6. The number of anilines is 6. The molecule has 0 unspecified atom stereocenters. The summed E-state index contributed by atoms with van der Waals surface area (Å²) in [6.45, 7) is 11.2. The van der Waals surface area contributed by atoms with Gasteiger partial charge in [-0.15, -0.1) is 0 Å². The minimum absolute atomic E-state index is 0.120. The smallest absolute Gasteiger partial charge is 0.311 e. The Morgan fingerprint density at radius 1 is 0.417 bits per heavy atom. The molecule has 3 aliphatic rings. The van der Waals surface area contributed by atoms with E-state index in [4.69, 9.17) is 0 Å². The fraction of sp³-hybridized carbons (Fsp3) is 0.160. The van der Waals surface area contributed by atoms with Crippen LogP contribution in [0.1, 0.15) is 37.5 Å². The number of benzene rings is 7. The summed E-state index contributed by atoms with van der Waals surface area (Å²) < 4.78 is 82.6. The summed E-state index contributed by atoms with van der Waals surface area (Å²) in [5.41, 5.74) is 11.6. The highest BCUT2D eigenvalue weighted by molar-refractivity contribution is 7.16. The fourth-order valence-corrected chi connectivity index (χ4v) is 13.0. The first-order valence-corrected chi connectivity index (χ1v) is 23.0. The number of para-hydroxylation sites is 2. The summed E-state index contributed by atoms with van der Waals surface area (Å²) in [4.78, 5) is 4.64. The van der Waals surface area contributed by atoms with E-state index in [0.717, 1.165) is 80.5 Å². The Labute approximate surface area is 346 Å². The fourth-order valence-electron chi connectivity index (χ4n) is 9.77. The molecule has 0 radical (unpaired) electrons. The first-order chi connectivity index (χ1) is 28.4. The lowest BCUT2D eigenvalue weighted by Gasteiger charge is -2.50. The minimum Gasteiger partial charge on any atom is -0.311 e. The summed E-state index contributed by atoms with van der Waals surface area (Å²) in [5.74, 6) is 0. The van der Waals surface area contributed by atoms with Gasteiger partial charge in [-0.1, -0.05) is 129 Å². The first kappa shape index (κ1) is 38.2. The third-order valence-electron chi connectivity index (χ3n) is 12.7. The molecule has 0 aromatic heterocycles. The quantitative estimate of drug-likeness (QED) is 0.129. The van der Waals surface area contributed by atoms with E-state index in [9.17, 15) is 26.3 Å². The molecule has 0 saturated carbocycles. The Morgan fingerprint density at radius 3 is 1.18 bits per heavy atom. The lowest BCUT2D eigenvalue weighted by molar-refractivity contribution is -0.138. The highest BCUT2D eigenvalue weighted by Gasteiger charge is 2.52. The molecular weight excluding hydrogens is 781 g/mol. The van der Waals surface area contributed by atoms with E-state index in [1.54, 1.807) is 24.3 Å². The van der Waals surface area contributed by atoms with Crippen LogP contribution in [0.4, 0.5) is 60.5 Å². The maximum absolute atomic E-state index is 13.8. The molecule has 10 rings (SSSR count). The van der Waals surface area contributed by atoms with E-state index in [1.807, 2.05) is 48.5 Å². The van der Waals surface area contributed by atoms with Crippen LogP contribution in [0.25, 0.3) is 22.3 Å². The number of halogens is 6. The topological polar surface area (TPSA) is 6.48 Å². The van der Waals surface area contributed by atoms with Crippen molar-refractivity contribution in [2.45, 2.75) is 51.6 Å². The second kappa shape index (κ2) is 13.0. The average molecular weight is 821 g/mol. The number of rotatable bonds is 4. The molecule has 0 amide bonds. The van der Waals surface area contributed by atoms with Gasteiger partial charge in [0.05, 0.1) is 22.5 Å². The average Bonchev–Trinajstić information content (AvgIpc) is 3.22. The number of nitrogens with zero attached hydrogens (tertiary/aromatic N) is 2. The van der Waals surface area contributed by atoms with E-state index in [0.29, 0.717) is 11.1 Å². The van der Waals surface area contributed by atoms with Crippen molar-refractivity contribution in [3.05, 3.63) is 162 Å². The van der Waals surface area contributed by atoms with Crippen LogP contribution in [0.15, 0.2) is 146 Å². The monoisotopic (exact) mass is 820 g/mol. The molecule has 2 nitrogen and oxygen atoms in total. The van der Waals surface area contributed by atoms with Gasteiger partial charge in [-0.2, -0.15) is 26.3 Å². The van der Waals surface area contributed by atoms with Crippen LogP contribution in [-0.4, -0.2) is 14.8 Å². The van der Waals surface area contributed by atoms with Gasteiger partial charge in [-0.3, -0.25) is 0 Å². The lowest BCUT2D eigenvalue weighted by atomic mass is 9.33. The van der Waals surface area contributed by atoms with Crippen molar-refractivity contribution in [1.29, 1.82) is 0 Å². The molecule has 0 spiro atoms. The van der Waals surface area contributed by atoms with Crippen molar-refractivity contribution in [2.75, 3.05) is 9.80 Å². The maximum Gasteiger partial charge on any atom is 0.416 e. The van der Waals surface area contributed by atoms with Crippen LogP contribution < -0.4 is 36.6 Å². The second-order valence-corrected chi connectivity index (χ2v) is 21.9. The van der Waals surface area contributed by atoms with Crippen molar-refractivity contribution >= 4 is 75.7 Å². The SMILES string of the molecule is CC(C)(C)c1cc2c3c(c1)N(c1ccccc1-c1ccc(C(F)(F)F)cc1)c1cccc4c1B3c1c(cccc1[Si]4(C)C)N2c1ccccc1-c1ccc(C(F)(F)F)cc1. The highest BCUT2D eigenvalue weighted by Crippen LogP contribution is 2.50. The molecule has 0 saturated heterocycles. The van der Waals surface area contributed by atoms with Crippen LogP contribution >= 0.6 is 0 Å². The first-order valence-electron chi connectivity index (χ1n) is 20.0. The van der Waals surface area contributed by atoms with Gasteiger partial charge in [0.2, 0.25) is 0 Å². The summed E-state index contributed by atoms with van der Waals surface area (Å²) in [6, 6.07) is 44.4. The van der Waals surface area contributed by atoms with Crippen LogP contribution in [0.2, 0.25) is 13.1 Å². The molecule has 0 fully saturated rings. The summed E-state index contributed by atoms with van der Waals surface area (Å²) in [6.07, 6.45) is -8.92. The van der Waals surface area contributed by atoms with Gasteiger partial charge in [0.25, 0.3) is 6.71 Å². The van der Waals surface area contributed by atoms with Crippen molar-refractivity contribution < 1.29 is 26.3 Å². The second-order valence-electron chi connectivity index (χ2n) is 17.6. The van der Waals surface area contributed by atoms with Gasteiger partial charge < -0.3 is 9.80 Å². The number of hydrogen-bond acceptors (Lipinski definition) is 2. The van der Waals surface area contributed by atoms with E-state index >= 15 is 0 Å². The van der Waals surface area contributed by atoms with Gasteiger partial charge >= 0.3 is 12.4 Å².